The van der Waals surface area contributed by atoms with E-state index in [1.54, 1.807) is 28.6 Å². The van der Waals surface area contributed by atoms with Crippen LogP contribution in [0.25, 0.3) is 0 Å². The van der Waals surface area contributed by atoms with Gasteiger partial charge in [0.25, 0.3) is 0 Å². The SMILES string of the molecule is Cc1cc(N2CCCC2)nc(N2CCN(S(=O)(=O)Cc3ccc(Cl)cc3)CC2)n1. The summed E-state index contributed by atoms with van der Waals surface area (Å²) in [6.07, 6.45) is 2.39. The summed E-state index contributed by atoms with van der Waals surface area (Å²) in [5.41, 5.74) is 1.68. The topological polar surface area (TPSA) is 69.6 Å². The van der Waals surface area contributed by atoms with Gasteiger partial charge in [-0.1, -0.05) is 23.7 Å². The summed E-state index contributed by atoms with van der Waals surface area (Å²) in [5, 5.41) is 0.603. The summed E-state index contributed by atoms with van der Waals surface area (Å²) < 4.78 is 27.2. The number of sulfonamides is 1. The number of anilines is 2. The van der Waals surface area contributed by atoms with Crippen molar-refractivity contribution in [2.75, 3.05) is 49.1 Å². The van der Waals surface area contributed by atoms with Gasteiger partial charge in [0, 0.05) is 56.1 Å². The van der Waals surface area contributed by atoms with E-state index in [1.807, 2.05) is 13.0 Å². The molecule has 1 aromatic carbocycles. The van der Waals surface area contributed by atoms with Gasteiger partial charge in [-0.15, -0.1) is 0 Å². The molecule has 2 aromatic rings. The van der Waals surface area contributed by atoms with E-state index in [-0.39, 0.29) is 5.75 Å². The third-order valence-electron chi connectivity index (χ3n) is 5.44. The summed E-state index contributed by atoms with van der Waals surface area (Å²) in [4.78, 5) is 13.7. The average Bonchev–Trinajstić information content (AvgIpc) is 3.24. The van der Waals surface area contributed by atoms with Gasteiger partial charge in [0.1, 0.15) is 5.82 Å². The van der Waals surface area contributed by atoms with Crippen LogP contribution >= 0.6 is 11.6 Å². The molecule has 156 valence electrons. The standard InChI is InChI=1S/C20H26ClN5O2S/c1-16-14-19(24-8-2-3-9-24)23-20(22-16)25-10-12-26(13-11-25)29(27,28)15-17-4-6-18(21)7-5-17/h4-7,14H,2-3,8-13,15H2,1H3. The van der Waals surface area contributed by atoms with E-state index in [1.165, 1.54) is 12.8 Å². The van der Waals surface area contributed by atoms with Gasteiger partial charge in [-0.05, 0) is 37.5 Å². The highest BCUT2D eigenvalue weighted by molar-refractivity contribution is 7.88. The first-order chi connectivity index (χ1) is 13.9. The van der Waals surface area contributed by atoms with Gasteiger partial charge in [0.05, 0.1) is 5.75 Å². The van der Waals surface area contributed by atoms with Crippen molar-refractivity contribution in [3.05, 3.63) is 46.6 Å². The molecular formula is C20H26ClN5O2S. The Labute approximate surface area is 177 Å². The zero-order valence-electron chi connectivity index (χ0n) is 16.6. The van der Waals surface area contributed by atoms with Crippen LogP contribution in [-0.2, 0) is 15.8 Å². The molecular weight excluding hydrogens is 410 g/mol. The Hall–Kier alpha value is -1.90. The zero-order valence-corrected chi connectivity index (χ0v) is 18.2. The highest BCUT2D eigenvalue weighted by Gasteiger charge is 2.28. The zero-order chi connectivity index (χ0) is 20.4. The van der Waals surface area contributed by atoms with E-state index in [0.29, 0.717) is 37.1 Å². The number of piperazine rings is 1. The molecule has 2 saturated heterocycles. The average molecular weight is 436 g/mol. The maximum atomic E-state index is 12.8. The Morgan fingerprint density at radius 3 is 2.24 bits per heavy atom. The van der Waals surface area contributed by atoms with Crippen molar-refractivity contribution in [2.24, 2.45) is 0 Å². The van der Waals surface area contributed by atoms with Gasteiger partial charge < -0.3 is 9.80 Å². The van der Waals surface area contributed by atoms with E-state index in [4.69, 9.17) is 16.6 Å². The Morgan fingerprint density at radius 2 is 1.59 bits per heavy atom. The van der Waals surface area contributed by atoms with E-state index in [0.717, 1.165) is 30.2 Å². The molecule has 2 fully saturated rings. The molecule has 29 heavy (non-hydrogen) atoms. The van der Waals surface area contributed by atoms with Crippen molar-refractivity contribution in [1.82, 2.24) is 14.3 Å². The minimum Gasteiger partial charge on any atom is -0.356 e. The Bertz CT molecular complexity index is 953. The molecule has 9 heteroatoms. The van der Waals surface area contributed by atoms with Crippen molar-refractivity contribution in [1.29, 1.82) is 0 Å². The second-order valence-corrected chi connectivity index (χ2v) is 10.0. The number of rotatable bonds is 5. The predicted molar refractivity (Wildman–Crippen MR) is 116 cm³/mol. The fourth-order valence-electron chi connectivity index (χ4n) is 3.84. The third-order valence-corrected chi connectivity index (χ3v) is 7.54. The summed E-state index contributed by atoms with van der Waals surface area (Å²) in [5.74, 6) is 1.66. The first-order valence-corrected chi connectivity index (χ1v) is 12.0. The molecule has 0 bridgehead atoms. The van der Waals surface area contributed by atoms with Crippen molar-refractivity contribution in [3.8, 4) is 0 Å². The fraction of sp³-hybridized carbons (Fsp3) is 0.500. The minimum atomic E-state index is -3.37. The third kappa shape index (κ3) is 4.82. The number of halogens is 1. The quantitative estimate of drug-likeness (QED) is 0.719. The monoisotopic (exact) mass is 435 g/mol. The molecule has 0 radical (unpaired) electrons. The molecule has 3 heterocycles. The molecule has 1 aromatic heterocycles. The second-order valence-electron chi connectivity index (χ2n) is 7.63. The number of hydrogen-bond acceptors (Lipinski definition) is 6. The molecule has 2 aliphatic rings. The highest BCUT2D eigenvalue weighted by atomic mass is 35.5. The summed E-state index contributed by atoms with van der Waals surface area (Å²) >= 11 is 5.89. The minimum absolute atomic E-state index is 0.00970. The van der Waals surface area contributed by atoms with Crippen LogP contribution in [0.1, 0.15) is 24.1 Å². The molecule has 0 unspecified atom stereocenters. The van der Waals surface area contributed by atoms with Crippen LogP contribution in [0.2, 0.25) is 5.02 Å². The number of aryl methyl sites for hydroxylation is 1. The fourth-order valence-corrected chi connectivity index (χ4v) is 5.48. The van der Waals surface area contributed by atoms with E-state index in [9.17, 15) is 8.42 Å². The van der Waals surface area contributed by atoms with Gasteiger partial charge in [-0.25, -0.2) is 13.4 Å². The molecule has 0 amide bonds. The number of hydrogen-bond donors (Lipinski definition) is 0. The Kier molecular flexibility index (Phi) is 5.94. The van der Waals surface area contributed by atoms with Crippen LogP contribution in [0.5, 0.6) is 0 Å². The second kappa shape index (κ2) is 8.45. The van der Waals surface area contributed by atoms with Gasteiger partial charge in [-0.2, -0.15) is 9.29 Å². The maximum absolute atomic E-state index is 12.8. The molecule has 0 spiro atoms. The largest absolute Gasteiger partial charge is 0.356 e. The van der Waals surface area contributed by atoms with Crippen LogP contribution in [0, 0.1) is 6.92 Å². The lowest BCUT2D eigenvalue weighted by Gasteiger charge is -2.34. The van der Waals surface area contributed by atoms with Crippen LogP contribution in [0.15, 0.2) is 30.3 Å². The molecule has 0 aliphatic carbocycles. The first-order valence-electron chi connectivity index (χ1n) is 9.98. The molecule has 7 nitrogen and oxygen atoms in total. The van der Waals surface area contributed by atoms with Crippen molar-refractivity contribution < 1.29 is 8.42 Å². The first kappa shape index (κ1) is 20.4. The van der Waals surface area contributed by atoms with Crippen molar-refractivity contribution in [3.63, 3.8) is 0 Å². The van der Waals surface area contributed by atoms with Crippen molar-refractivity contribution in [2.45, 2.75) is 25.5 Å². The number of nitrogens with zero attached hydrogens (tertiary/aromatic N) is 5. The summed E-state index contributed by atoms with van der Waals surface area (Å²) in [7, 11) is -3.37. The molecule has 4 rings (SSSR count). The molecule has 0 atom stereocenters. The Balaban J connectivity index is 1.42. The number of aromatic nitrogens is 2. The van der Waals surface area contributed by atoms with Gasteiger partial charge in [0.15, 0.2) is 0 Å². The van der Waals surface area contributed by atoms with Crippen molar-refractivity contribution >= 4 is 33.4 Å². The lowest BCUT2D eigenvalue weighted by atomic mass is 10.2. The molecule has 2 aliphatic heterocycles. The summed E-state index contributed by atoms with van der Waals surface area (Å²) in [6.45, 7) is 6.10. The maximum Gasteiger partial charge on any atom is 0.227 e. The normalized spacial score (nSPS) is 18.4. The van der Waals surface area contributed by atoms with E-state index >= 15 is 0 Å². The van der Waals surface area contributed by atoms with Gasteiger partial charge in [-0.3, -0.25) is 0 Å². The Morgan fingerprint density at radius 1 is 0.931 bits per heavy atom. The number of benzene rings is 1. The van der Waals surface area contributed by atoms with E-state index in [2.05, 4.69) is 14.8 Å². The van der Waals surface area contributed by atoms with E-state index < -0.39 is 10.0 Å². The lowest BCUT2D eigenvalue weighted by Crippen LogP contribution is -2.49. The van der Waals surface area contributed by atoms with Crippen LogP contribution in [0.4, 0.5) is 11.8 Å². The van der Waals surface area contributed by atoms with Gasteiger partial charge in [0.2, 0.25) is 16.0 Å². The highest BCUT2D eigenvalue weighted by Crippen LogP contribution is 2.23. The smallest absolute Gasteiger partial charge is 0.227 e. The lowest BCUT2D eigenvalue weighted by molar-refractivity contribution is 0.382. The van der Waals surface area contributed by atoms with Crippen LogP contribution < -0.4 is 9.80 Å². The predicted octanol–water partition coefficient (Wildman–Crippen LogP) is 2.69. The van der Waals surface area contributed by atoms with Crippen LogP contribution in [-0.4, -0.2) is 62.0 Å². The molecule has 0 saturated carbocycles. The molecule has 0 N–H and O–H groups in total. The summed E-state index contributed by atoms with van der Waals surface area (Å²) in [6, 6.07) is 8.99. The van der Waals surface area contributed by atoms with Gasteiger partial charge >= 0.3 is 0 Å². The van der Waals surface area contributed by atoms with Crippen LogP contribution in [0.3, 0.4) is 0 Å².